The molecule has 0 radical (unpaired) electrons. The summed E-state index contributed by atoms with van der Waals surface area (Å²) in [5.41, 5.74) is 9.37. The molecule has 0 bridgehead atoms. The predicted molar refractivity (Wildman–Crippen MR) is 111 cm³/mol. The summed E-state index contributed by atoms with van der Waals surface area (Å²) in [5, 5.41) is 7.43. The smallest absolute Gasteiger partial charge is 0.184 e. The summed E-state index contributed by atoms with van der Waals surface area (Å²) in [6, 6.07) is 19.1. The van der Waals surface area contributed by atoms with E-state index >= 15 is 0 Å². The zero-order valence-corrected chi connectivity index (χ0v) is 16.1. The Morgan fingerprint density at radius 1 is 0.964 bits per heavy atom. The van der Waals surface area contributed by atoms with E-state index < -0.39 is 11.6 Å². The van der Waals surface area contributed by atoms with Crippen LogP contribution in [0.15, 0.2) is 77.4 Å². The minimum absolute atomic E-state index is 0.0490. The lowest BCUT2D eigenvalue weighted by molar-refractivity contribution is 0.501. The summed E-state index contributed by atoms with van der Waals surface area (Å²) in [6.07, 6.45) is 1.57. The van der Waals surface area contributed by atoms with E-state index in [1.165, 1.54) is 16.8 Å². The number of nitrogens with one attached hydrogen (secondary N) is 1. The van der Waals surface area contributed by atoms with Crippen LogP contribution in [0, 0.1) is 11.6 Å². The van der Waals surface area contributed by atoms with Gasteiger partial charge in [-0.1, -0.05) is 40.2 Å². The molecular formula is C21H15BrF2N4. The average molecular weight is 441 g/mol. The van der Waals surface area contributed by atoms with Crippen molar-refractivity contribution in [3.05, 3.63) is 89.0 Å². The van der Waals surface area contributed by atoms with Gasteiger partial charge in [-0.25, -0.2) is 13.5 Å². The van der Waals surface area contributed by atoms with Gasteiger partial charge in [0, 0.05) is 28.1 Å². The van der Waals surface area contributed by atoms with Crippen molar-refractivity contribution in [2.24, 2.45) is 0 Å². The van der Waals surface area contributed by atoms with Gasteiger partial charge < -0.3 is 11.1 Å². The van der Waals surface area contributed by atoms with E-state index in [4.69, 9.17) is 5.73 Å². The number of nitrogens with two attached hydrogens (primary N) is 1. The molecule has 4 rings (SSSR count). The van der Waals surface area contributed by atoms with Gasteiger partial charge in [0.15, 0.2) is 17.5 Å². The van der Waals surface area contributed by atoms with Crippen molar-refractivity contribution in [3.63, 3.8) is 0 Å². The molecule has 0 saturated carbocycles. The van der Waals surface area contributed by atoms with E-state index in [1.54, 1.807) is 12.3 Å². The highest BCUT2D eigenvalue weighted by molar-refractivity contribution is 9.10. The minimum Gasteiger partial charge on any atom is -0.399 e. The highest BCUT2D eigenvalue weighted by Gasteiger charge is 2.11. The van der Waals surface area contributed by atoms with E-state index in [9.17, 15) is 8.78 Å². The first kappa shape index (κ1) is 18.2. The van der Waals surface area contributed by atoms with Gasteiger partial charge in [0.05, 0.1) is 0 Å². The monoisotopic (exact) mass is 440 g/mol. The van der Waals surface area contributed by atoms with Gasteiger partial charge >= 0.3 is 0 Å². The molecule has 3 aromatic carbocycles. The molecule has 4 nitrogen and oxygen atoms in total. The Balaban J connectivity index is 1.57. The third-order valence-corrected chi connectivity index (χ3v) is 4.89. The van der Waals surface area contributed by atoms with Gasteiger partial charge in [0.2, 0.25) is 0 Å². The first-order chi connectivity index (χ1) is 13.5. The Bertz CT molecular complexity index is 1140. The molecule has 0 aliphatic rings. The number of nitrogen functional groups attached to an aromatic ring is 1. The van der Waals surface area contributed by atoms with E-state index in [0.29, 0.717) is 11.5 Å². The zero-order valence-electron chi connectivity index (χ0n) is 14.5. The molecule has 0 amide bonds. The molecule has 0 spiro atoms. The summed E-state index contributed by atoms with van der Waals surface area (Å²) in [7, 11) is 0. The highest BCUT2D eigenvalue weighted by atomic mass is 79.9. The number of halogens is 3. The molecule has 4 aromatic rings. The van der Waals surface area contributed by atoms with Crippen molar-refractivity contribution >= 4 is 33.1 Å². The Hall–Kier alpha value is -3.19. The zero-order chi connectivity index (χ0) is 19.7. The molecular weight excluding hydrogens is 426 g/mol. The van der Waals surface area contributed by atoms with Crippen LogP contribution in [0.1, 0.15) is 0 Å². The van der Waals surface area contributed by atoms with Crippen molar-refractivity contribution < 1.29 is 8.78 Å². The maximum atomic E-state index is 13.9. The van der Waals surface area contributed by atoms with E-state index in [-0.39, 0.29) is 5.69 Å². The number of hydrogen-bond acceptors (Lipinski definition) is 3. The van der Waals surface area contributed by atoms with E-state index in [0.717, 1.165) is 27.4 Å². The molecule has 0 aliphatic heterocycles. The summed E-state index contributed by atoms with van der Waals surface area (Å²) >= 11 is 3.59. The molecule has 0 fully saturated rings. The van der Waals surface area contributed by atoms with Crippen LogP contribution in [-0.2, 0) is 0 Å². The molecule has 1 aromatic heterocycles. The highest BCUT2D eigenvalue weighted by Crippen LogP contribution is 2.32. The molecule has 7 heteroatoms. The van der Waals surface area contributed by atoms with Crippen LogP contribution in [-0.4, -0.2) is 9.78 Å². The predicted octanol–water partition coefficient (Wildman–Crippen LogP) is 5.91. The summed E-state index contributed by atoms with van der Waals surface area (Å²) < 4.78 is 29.5. The van der Waals surface area contributed by atoms with Crippen LogP contribution in [0.4, 0.5) is 26.0 Å². The number of benzene rings is 3. The van der Waals surface area contributed by atoms with Gasteiger partial charge in [0.1, 0.15) is 5.69 Å². The van der Waals surface area contributed by atoms with Gasteiger partial charge in [-0.15, -0.1) is 0 Å². The quantitative estimate of drug-likeness (QED) is 0.388. The van der Waals surface area contributed by atoms with Crippen molar-refractivity contribution in [1.82, 2.24) is 9.78 Å². The fraction of sp³-hybridized carbons (Fsp3) is 0. The molecule has 0 saturated heterocycles. The van der Waals surface area contributed by atoms with Crippen LogP contribution in [0.5, 0.6) is 0 Å². The maximum absolute atomic E-state index is 13.9. The lowest BCUT2D eigenvalue weighted by Crippen LogP contribution is -2.01. The molecule has 3 N–H and O–H groups in total. The molecule has 0 unspecified atom stereocenters. The molecule has 28 heavy (non-hydrogen) atoms. The van der Waals surface area contributed by atoms with Gasteiger partial charge in [-0.3, -0.25) is 0 Å². The second-order valence-corrected chi connectivity index (χ2v) is 7.01. The summed E-state index contributed by atoms with van der Waals surface area (Å²) in [5.74, 6) is -1.34. The van der Waals surface area contributed by atoms with Gasteiger partial charge in [-0.05, 0) is 47.5 Å². The van der Waals surface area contributed by atoms with Crippen molar-refractivity contribution in [2.45, 2.75) is 0 Å². The van der Waals surface area contributed by atoms with Crippen LogP contribution in [0.2, 0.25) is 0 Å². The first-order valence-corrected chi connectivity index (χ1v) is 9.23. The van der Waals surface area contributed by atoms with Crippen molar-refractivity contribution in [2.75, 3.05) is 11.1 Å². The number of anilines is 3. The van der Waals surface area contributed by atoms with Gasteiger partial charge in [0.25, 0.3) is 0 Å². The van der Waals surface area contributed by atoms with Crippen LogP contribution >= 0.6 is 15.9 Å². The normalized spacial score (nSPS) is 10.8. The SMILES string of the molecule is Nc1ccc(-c2ccc(Nc3ccn(-c4cccc(F)c4F)n3)cc2Br)cc1. The second-order valence-electron chi connectivity index (χ2n) is 6.16. The fourth-order valence-corrected chi connectivity index (χ4v) is 3.44. The van der Waals surface area contributed by atoms with Crippen LogP contribution in [0.3, 0.4) is 0 Å². The van der Waals surface area contributed by atoms with Crippen molar-refractivity contribution in [3.8, 4) is 16.8 Å². The average Bonchev–Trinajstić information content (AvgIpc) is 3.13. The van der Waals surface area contributed by atoms with Crippen molar-refractivity contribution in [1.29, 1.82) is 0 Å². The molecule has 140 valence electrons. The Kier molecular flexibility index (Phi) is 4.83. The first-order valence-electron chi connectivity index (χ1n) is 8.44. The lowest BCUT2D eigenvalue weighted by Gasteiger charge is -2.09. The van der Waals surface area contributed by atoms with Crippen LogP contribution in [0.25, 0.3) is 16.8 Å². The van der Waals surface area contributed by atoms with Crippen LogP contribution < -0.4 is 11.1 Å². The fourth-order valence-electron chi connectivity index (χ4n) is 2.83. The number of rotatable bonds is 4. The third kappa shape index (κ3) is 3.61. The number of hydrogen-bond donors (Lipinski definition) is 2. The minimum atomic E-state index is -0.937. The maximum Gasteiger partial charge on any atom is 0.184 e. The number of nitrogens with zero attached hydrogens (tertiary/aromatic N) is 2. The summed E-state index contributed by atoms with van der Waals surface area (Å²) in [4.78, 5) is 0. The topological polar surface area (TPSA) is 55.9 Å². The second kappa shape index (κ2) is 7.44. The van der Waals surface area contributed by atoms with Gasteiger partial charge in [-0.2, -0.15) is 5.10 Å². The standard InChI is InChI=1S/C21H15BrF2N4/c22-17-12-15(8-9-16(17)13-4-6-14(25)7-5-13)26-20-10-11-28(27-20)19-3-1-2-18(23)21(19)24/h1-12H,25H2,(H,26,27). The Labute approximate surface area is 168 Å². The van der Waals surface area contributed by atoms with E-state index in [2.05, 4.69) is 26.3 Å². The molecule has 0 atom stereocenters. The lowest BCUT2D eigenvalue weighted by atomic mass is 10.1. The molecule has 0 aliphatic carbocycles. The number of aromatic nitrogens is 2. The van der Waals surface area contributed by atoms with E-state index in [1.807, 2.05) is 42.5 Å². The summed E-state index contributed by atoms with van der Waals surface area (Å²) in [6.45, 7) is 0. The molecule has 1 heterocycles. The Morgan fingerprint density at radius 2 is 1.75 bits per heavy atom. The Morgan fingerprint density at radius 3 is 2.50 bits per heavy atom. The largest absolute Gasteiger partial charge is 0.399 e. The third-order valence-electron chi connectivity index (χ3n) is 4.23.